The van der Waals surface area contributed by atoms with Crippen LogP contribution in [0.15, 0.2) is 70.2 Å². The minimum absolute atomic E-state index is 0.0343. The van der Waals surface area contributed by atoms with Crippen LogP contribution >= 0.6 is 0 Å². The van der Waals surface area contributed by atoms with Crippen LogP contribution in [0.1, 0.15) is 46.1 Å². The minimum atomic E-state index is -4.16. The average molecular weight is 601 g/mol. The van der Waals surface area contributed by atoms with Crippen molar-refractivity contribution in [3.8, 4) is 0 Å². The topological polar surface area (TPSA) is 141 Å². The van der Waals surface area contributed by atoms with Crippen LogP contribution in [0, 0.1) is 11.3 Å². The summed E-state index contributed by atoms with van der Waals surface area (Å²) in [5.74, 6) is -0.503. The van der Waals surface area contributed by atoms with Crippen LogP contribution < -0.4 is 16.0 Å². The van der Waals surface area contributed by atoms with Gasteiger partial charge in [0.25, 0.3) is 0 Å². The second-order valence-corrected chi connectivity index (χ2v) is 13.8. The van der Waals surface area contributed by atoms with E-state index in [4.69, 9.17) is 4.42 Å². The van der Waals surface area contributed by atoms with Crippen molar-refractivity contribution in [1.82, 2.24) is 20.3 Å². The molecule has 1 atom stereocenters. The van der Waals surface area contributed by atoms with E-state index < -0.39 is 21.2 Å². The van der Waals surface area contributed by atoms with Crippen molar-refractivity contribution in [1.29, 1.82) is 0 Å². The number of carbonyl (C=O) groups excluding carboxylic acids is 2. The van der Waals surface area contributed by atoms with Crippen LogP contribution in [0.4, 0.5) is 0 Å². The number of amides is 2. The van der Waals surface area contributed by atoms with E-state index in [9.17, 15) is 23.1 Å². The van der Waals surface area contributed by atoms with Crippen molar-refractivity contribution >= 4 is 32.8 Å². The van der Waals surface area contributed by atoms with Crippen LogP contribution in [-0.4, -0.2) is 68.6 Å². The number of fused-ring (bicyclic) bond motifs is 1. The molecule has 0 fully saturated rings. The van der Waals surface area contributed by atoms with Crippen LogP contribution in [0.3, 0.4) is 0 Å². The first-order valence-corrected chi connectivity index (χ1v) is 15.6. The van der Waals surface area contributed by atoms with Crippen LogP contribution in [0.5, 0.6) is 0 Å². The van der Waals surface area contributed by atoms with Crippen molar-refractivity contribution in [2.75, 3.05) is 33.2 Å². The zero-order valence-corrected chi connectivity index (χ0v) is 26.0. The molecule has 0 saturated carbocycles. The van der Waals surface area contributed by atoms with E-state index >= 15 is 0 Å². The number of hydrogen-bond donors (Lipinski definition) is 4. The molecule has 0 saturated heterocycles. The van der Waals surface area contributed by atoms with E-state index in [0.717, 1.165) is 5.56 Å². The Bertz CT molecular complexity index is 1440. The summed E-state index contributed by atoms with van der Waals surface area (Å²) in [5, 5.41) is 21.3. The molecule has 3 aromatic rings. The van der Waals surface area contributed by atoms with Gasteiger partial charge in [0.1, 0.15) is 11.3 Å². The second-order valence-electron chi connectivity index (χ2n) is 11.9. The van der Waals surface area contributed by atoms with Gasteiger partial charge < -0.3 is 25.5 Å². The van der Waals surface area contributed by atoms with Gasteiger partial charge in [0, 0.05) is 44.3 Å². The quantitative estimate of drug-likeness (QED) is 0.185. The Morgan fingerprint density at radius 2 is 1.74 bits per heavy atom. The molecule has 2 amide bonds. The molecule has 1 aromatic heterocycles. The molecule has 3 rings (SSSR count). The Labute approximate surface area is 248 Å². The first-order chi connectivity index (χ1) is 19.8. The summed E-state index contributed by atoms with van der Waals surface area (Å²) in [7, 11) is -2.48. The second kappa shape index (κ2) is 14.3. The molecule has 0 radical (unpaired) electrons. The third-order valence-electron chi connectivity index (χ3n) is 6.93. The highest BCUT2D eigenvalue weighted by atomic mass is 32.2. The van der Waals surface area contributed by atoms with Crippen molar-refractivity contribution < 1.29 is 27.5 Å². The predicted molar refractivity (Wildman–Crippen MR) is 163 cm³/mol. The van der Waals surface area contributed by atoms with Gasteiger partial charge in [0.05, 0.1) is 17.7 Å². The van der Waals surface area contributed by atoms with Gasteiger partial charge in [0.15, 0.2) is 0 Å². The fraction of sp³-hybridized carbons (Fsp3) is 0.484. The summed E-state index contributed by atoms with van der Waals surface area (Å²) in [6.07, 6.45) is 1.64. The third kappa shape index (κ3) is 9.12. The number of furan rings is 1. The monoisotopic (exact) mass is 600 g/mol. The molecule has 0 bridgehead atoms. The van der Waals surface area contributed by atoms with E-state index in [1.165, 1.54) is 16.6 Å². The molecule has 0 aliphatic heterocycles. The highest BCUT2D eigenvalue weighted by molar-refractivity contribution is 7.89. The number of carbonyl (C=O) groups is 2. The van der Waals surface area contributed by atoms with Crippen LogP contribution in [0.25, 0.3) is 11.0 Å². The number of rotatable bonds is 16. The highest BCUT2D eigenvalue weighted by Gasteiger charge is 2.43. The normalized spacial score (nSPS) is 13.8. The lowest BCUT2D eigenvalue weighted by Crippen LogP contribution is -2.55. The molecule has 11 heteroatoms. The van der Waals surface area contributed by atoms with Gasteiger partial charge in [-0.05, 0) is 48.2 Å². The minimum Gasteiger partial charge on any atom is -0.464 e. The first kappa shape index (κ1) is 33.3. The molecule has 0 aliphatic carbocycles. The zero-order valence-electron chi connectivity index (χ0n) is 25.1. The van der Waals surface area contributed by atoms with Gasteiger partial charge in [-0.1, -0.05) is 58.0 Å². The first-order valence-electron chi connectivity index (χ1n) is 14.2. The third-order valence-corrected chi connectivity index (χ3v) is 8.84. The number of hydrogen-bond acceptors (Lipinski definition) is 7. The highest BCUT2D eigenvalue weighted by Crippen LogP contribution is 2.32. The molecular weight excluding hydrogens is 556 g/mol. The molecule has 42 heavy (non-hydrogen) atoms. The fourth-order valence-corrected chi connectivity index (χ4v) is 6.67. The summed E-state index contributed by atoms with van der Waals surface area (Å²) in [4.78, 5) is 24.8. The maximum Gasteiger partial charge on any atom is 0.245 e. The Kier molecular flexibility index (Phi) is 11.3. The molecule has 1 unspecified atom stereocenters. The molecule has 4 N–H and O–H groups in total. The van der Waals surface area contributed by atoms with Gasteiger partial charge in [-0.3, -0.25) is 9.59 Å². The van der Waals surface area contributed by atoms with Gasteiger partial charge in [0.2, 0.25) is 21.8 Å². The lowest BCUT2D eigenvalue weighted by molar-refractivity contribution is -0.125. The SMILES string of the molecule is CNCC(=O)NCC(C)(C)CC(=O)NCCC(O)(Cc1ccccc1)N(CC(C)C)S(=O)(=O)c1ccc2occc2c1. The van der Waals surface area contributed by atoms with E-state index in [0.29, 0.717) is 17.5 Å². The van der Waals surface area contributed by atoms with Crippen LogP contribution in [-0.2, 0) is 26.0 Å². The summed E-state index contributed by atoms with van der Waals surface area (Å²) in [6, 6.07) is 15.5. The average Bonchev–Trinajstić information content (AvgIpc) is 3.39. The Balaban J connectivity index is 1.83. The van der Waals surface area contributed by atoms with Crippen molar-refractivity contribution in [3.05, 3.63) is 66.4 Å². The number of likely N-dealkylation sites (N-methyl/N-ethyl adjacent to an activating group) is 1. The van der Waals surface area contributed by atoms with E-state index in [2.05, 4.69) is 16.0 Å². The Morgan fingerprint density at radius 1 is 1.02 bits per heavy atom. The molecule has 2 aromatic carbocycles. The largest absolute Gasteiger partial charge is 0.464 e. The molecule has 10 nitrogen and oxygen atoms in total. The fourth-order valence-electron chi connectivity index (χ4n) is 4.80. The molecule has 0 aliphatic rings. The van der Waals surface area contributed by atoms with E-state index in [1.807, 2.05) is 58.0 Å². The van der Waals surface area contributed by atoms with Crippen LogP contribution in [0.2, 0.25) is 0 Å². The van der Waals surface area contributed by atoms with E-state index in [-0.39, 0.29) is 61.5 Å². The number of nitrogens with one attached hydrogen (secondary N) is 3. The van der Waals surface area contributed by atoms with Gasteiger partial charge in [-0.25, -0.2) is 8.42 Å². The maximum atomic E-state index is 14.1. The molecular formula is C31H44N4O6S. The maximum absolute atomic E-state index is 14.1. The van der Waals surface area contributed by atoms with Gasteiger partial charge in [-0.15, -0.1) is 0 Å². The van der Waals surface area contributed by atoms with Crippen molar-refractivity contribution in [2.24, 2.45) is 11.3 Å². The summed E-state index contributed by atoms with van der Waals surface area (Å²) < 4.78 is 34.8. The standard InChI is InChI=1S/C31H44N4O6S/c1-23(2)21-35(42(39,40)26-11-12-27-25(17-26)13-16-41-27)31(38,18-24-9-7-6-8-10-24)14-15-33-28(36)19-30(3,4)22-34-29(37)20-32-5/h6-13,16-17,23,32,38H,14-15,18-22H2,1-5H3,(H,33,36)(H,34,37). The number of sulfonamides is 1. The van der Waals surface area contributed by atoms with Gasteiger partial charge in [-0.2, -0.15) is 4.31 Å². The number of benzene rings is 2. The van der Waals surface area contributed by atoms with Gasteiger partial charge >= 0.3 is 0 Å². The van der Waals surface area contributed by atoms with Crippen molar-refractivity contribution in [2.45, 2.75) is 57.6 Å². The zero-order chi connectivity index (χ0) is 31.0. The Morgan fingerprint density at radius 3 is 2.40 bits per heavy atom. The summed E-state index contributed by atoms with van der Waals surface area (Å²) >= 11 is 0. The number of aliphatic hydroxyl groups is 1. The molecule has 0 spiro atoms. The lowest BCUT2D eigenvalue weighted by atomic mass is 9.88. The predicted octanol–water partition coefficient (Wildman–Crippen LogP) is 3.27. The smallest absolute Gasteiger partial charge is 0.245 e. The van der Waals surface area contributed by atoms with E-state index in [1.54, 1.807) is 25.2 Å². The molecule has 1 heterocycles. The lowest BCUT2D eigenvalue weighted by Gasteiger charge is -2.40. The van der Waals surface area contributed by atoms with Crippen molar-refractivity contribution in [3.63, 3.8) is 0 Å². The summed E-state index contributed by atoms with van der Waals surface area (Å²) in [5.41, 5.74) is -1.01. The Hall–Kier alpha value is -3.25. The molecule has 230 valence electrons. The number of nitrogens with zero attached hydrogens (tertiary/aromatic N) is 1. The summed E-state index contributed by atoms with van der Waals surface area (Å²) in [6.45, 7) is 8.18.